The summed E-state index contributed by atoms with van der Waals surface area (Å²) >= 11 is 0.930. The van der Waals surface area contributed by atoms with Crippen molar-refractivity contribution in [1.29, 1.82) is 0 Å². The summed E-state index contributed by atoms with van der Waals surface area (Å²) in [4.78, 5) is 19.6. The second kappa shape index (κ2) is 6.20. The van der Waals surface area contributed by atoms with Crippen molar-refractivity contribution >= 4 is 38.3 Å². The highest BCUT2D eigenvalue weighted by Crippen LogP contribution is 2.30. The lowest BCUT2D eigenvalue weighted by Gasteiger charge is -2.01. The molecule has 0 aliphatic carbocycles. The van der Waals surface area contributed by atoms with Crippen molar-refractivity contribution in [3.05, 3.63) is 40.6 Å². The summed E-state index contributed by atoms with van der Waals surface area (Å²) in [6, 6.07) is 4.71. The number of aliphatic imine (C=N–C) groups is 1. The lowest BCUT2D eigenvalue weighted by molar-refractivity contribution is -0.384. The Morgan fingerprint density at radius 3 is 2.50 bits per heavy atom. The number of nitro groups is 1. The van der Waals surface area contributed by atoms with Gasteiger partial charge in [-0.15, -0.1) is 0 Å². The van der Waals surface area contributed by atoms with Crippen LogP contribution in [0.4, 0.5) is 10.8 Å². The van der Waals surface area contributed by atoms with Gasteiger partial charge in [0.25, 0.3) is 5.69 Å². The van der Waals surface area contributed by atoms with Crippen LogP contribution >= 0.6 is 11.3 Å². The van der Waals surface area contributed by atoms with E-state index < -0.39 is 14.8 Å². The van der Waals surface area contributed by atoms with Crippen molar-refractivity contribution in [2.75, 3.05) is 14.1 Å². The fourth-order valence-electron chi connectivity index (χ4n) is 1.46. The van der Waals surface area contributed by atoms with Gasteiger partial charge < -0.3 is 4.90 Å². The summed E-state index contributed by atoms with van der Waals surface area (Å²) in [6.07, 6.45) is 2.74. The van der Waals surface area contributed by atoms with Crippen molar-refractivity contribution in [1.82, 2.24) is 9.88 Å². The van der Waals surface area contributed by atoms with Crippen LogP contribution in [0.2, 0.25) is 0 Å². The van der Waals surface area contributed by atoms with Gasteiger partial charge in [0, 0.05) is 26.2 Å². The monoisotopic (exact) mass is 340 g/mol. The molecule has 0 spiro atoms. The normalized spacial score (nSPS) is 11.7. The molecule has 1 aromatic heterocycles. The summed E-state index contributed by atoms with van der Waals surface area (Å²) in [5.74, 6) is 0. The number of non-ortho nitro benzene ring substituents is 1. The van der Waals surface area contributed by atoms with Gasteiger partial charge >= 0.3 is 0 Å². The van der Waals surface area contributed by atoms with E-state index in [0.29, 0.717) is 5.13 Å². The van der Waals surface area contributed by atoms with Crippen LogP contribution in [0.3, 0.4) is 0 Å². The van der Waals surface area contributed by atoms with Gasteiger partial charge in [-0.25, -0.2) is 18.4 Å². The molecule has 0 saturated heterocycles. The summed E-state index contributed by atoms with van der Waals surface area (Å²) in [6.45, 7) is 0. The SMILES string of the molecule is CN(C)/C=N/c1ncc(S(=O)(=O)c2ccc([N+](=O)[O-])cc2)s1. The number of nitro benzene ring substituents is 1. The third kappa shape index (κ3) is 3.46. The number of thiazole rings is 1. The molecule has 1 aromatic carbocycles. The van der Waals surface area contributed by atoms with Crippen LogP contribution in [-0.4, -0.2) is 43.7 Å². The highest BCUT2D eigenvalue weighted by atomic mass is 32.2. The lowest BCUT2D eigenvalue weighted by atomic mass is 10.3. The van der Waals surface area contributed by atoms with Crippen molar-refractivity contribution < 1.29 is 13.3 Å². The average Bonchev–Trinajstić information content (AvgIpc) is 2.95. The second-order valence-corrected chi connectivity index (χ2v) is 7.61. The molecule has 0 unspecified atom stereocenters. The van der Waals surface area contributed by atoms with Gasteiger partial charge in [-0.3, -0.25) is 10.1 Å². The number of hydrogen-bond acceptors (Lipinski definition) is 7. The summed E-state index contributed by atoms with van der Waals surface area (Å²) < 4.78 is 24.8. The molecule has 0 N–H and O–H groups in total. The predicted molar refractivity (Wildman–Crippen MR) is 82.5 cm³/mol. The quantitative estimate of drug-likeness (QED) is 0.357. The average molecular weight is 340 g/mol. The minimum atomic E-state index is -3.75. The van der Waals surface area contributed by atoms with Crippen molar-refractivity contribution in [3.63, 3.8) is 0 Å². The molecule has 0 atom stereocenters. The highest BCUT2D eigenvalue weighted by molar-refractivity contribution is 7.93. The number of benzene rings is 1. The Balaban J connectivity index is 2.32. The zero-order chi connectivity index (χ0) is 16.3. The highest BCUT2D eigenvalue weighted by Gasteiger charge is 2.21. The van der Waals surface area contributed by atoms with E-state index in [4.69, 9.17) is 0 Å². The molecule has 2 aromatic rings. The Bertz CT molecular complexity index is 810. The minimum Gasteiger partial charge on any atom is -0.369 e. The number of hydrogen-bond donors (Lipinski definition) is 0. The van der Waals surface area contributed by atoms with E-state index in [1.54, 1.807) is 19.0 Å². The lowest BCUT2D eigenvalue weighted by Crippen LogP contribution is -2.06. The zero-order valence-electron chi connectivity index (χ0n) is 11.7. The van der Waals surface area contributed by atoms with Crippen molar-refractivity contribution in [2.45, 2.75) is 9.10 Å². The molecule has 0 aliphatic heterocycles. The molecule has 0 bridgehead atoms. The van der Waals surface area contributed by atoms with E-state index >= 15 is 0 Å². The topological polar surface area (TPSA) is 106 Å². The molecule has 22 heavy (non-hydrogen) atoms. The van der Waals surface area contributed by atoms with Crippen molar-refractivity contribution in [2.24, 2.45) is 4.99 Å². The Labute approximate surface area is 130 Å². The first-order valence-electron chi connectivity index (χ1n) is 5.96. The molecule has 1 heterocycles. The molecule has 10 heteroatoms. The maximum atomic E-state index is 12.4. The Kier molecular flexibility index (Phi) is 4.52. The van der Waals surface area contributed by atoms with Gasteiger partial charge in [0.15, 0.2) is 0 Å². The van der Waals surface area contributed by atoms with Crippen LogP contribution in [0.15, 0.2) is 44.6 Å². The molecule has 8 nitrogen and oxygen atoms in total. The van der Waals surface area contributed by atoms with E-state index in [1.165, 1.54) is 24.7 Å². The molecular weight excluding hydrogens is 328 g/mol. The zero-order valence-corrected chi connectivity index (χ0v) is 13.3. The van der Waals surface area contributed by atoms with Crippen LogP contribution < -0.4 is 0 Å². The first-order chi connectivity index (χ1) is 10.3. The van der Waals surface area contributed by atoms with Gasteiger partial charge in [-0.1, -0.05) is 11.3 Å². The van der Waals surface area contributed by atoms with Crippen LogP contribution in [0.1, 0.15) is 0 Å². The third-order valence-corrected chi connectivity index (χ3v) is 5.63. The van der Waals surface area contributed by atoms with Crippen LogP contribution in [-0.2, 0) is 9.84 Å². The van der Waals surface area contributed by atoms with Crippen LogP contribution in [0, 0.1) is 10.1 Å². The Hall–Kier alpha value is -2.33. The van der Waals surface area contributed by atoms with Gasteiger partial charge in [0.05, 0.1) is 22.4 Å². The molecular formula is C12H12N4O4S2. The molecule has 0 amide bonds. The van der Waals surface area contributed by atoms with Gasteiger partial charge in [-0.2, -0.15) is 0 Å². The first-order valence-corrected chi connectivity index (χ1v) is 8.26. The number of rotatable bonds is 5. The molecule has 2 rings (SSSR count). The smallest absolute Gasteiger partial charge is 0.269 e. The van der Waals surface area contributed by atoms with E-state index in [-0.39, 0.29) is 14.8 Å². The third-order valence-electron chi connectivity index (χ3n) is 2.49. The van der Waals surface area contributed by atoms with E-state index in [1.807, 2.05) is 0 Å². The fourth-order valence-corrected chi connectivity index (χ4v) is 3.82. The molecule has 0 saturated carbocycles. The van der Waals surface area contributed by atoms with E-state index in [2.05, 4.69) is 9.98 Å². The molecule has 116 valence electrons. The van der Waals surface area contributed by atoms with Crippen LogP contribution in [0.25, 0.3) is 0 Å². The van der Waals surface area contributed by atoms with Crippen molar-refractivity contribution in [3.8, 4) is 0 Å². The maximum Gasteiger partial charge on any atom is 0.269 e. The largest absolute Gasteiger partial charge is 0.369 e. The molecule has 0 radical (unpaired) electrons. The van der Waals surface area contributed by atoms with Gasteiger partial charge in [0.2, 0.25) is 15.0 Å². The first kappa shape index (κ1) is 16.0. The fraction of sp³-hybridized carbons (Fsp3) is 0.167. The molecule has 0 fully saturated rings. The van der Waals surface area contributed by atoms with E-state index in [9.17, 15) is 18.5 Å². The van der Waals surface area contributed by atoms with Crippen LogP contribution in [0.5, 0.6) is 0 Å². The maximum absolute atomic E-state index is 12.4. The number of sulfone groups is 1. The van der Waals surface area contributed by atoms with Gasteiger partial charge in [-0.05, 0) is 12.1 Å². The summed E-state index contributed by atoms with van der Waals surface area (Å²) in [5, 5.41) is 10.9. The Morgan fingerprint density at radius 2 is 1.95 bits per heavy atom. The van der Waals surface area contributed by atoms with E-state index in [0.717, 1.165) is 23.5 Å². The number of nitrogens with zero attached hydrogens (tertiary/aromatic N) is 4. The Morgan fingerprint density at radius 1 is 1.32 bits per heavy atom. The summed E-state index contributed by atoms with van der Waals surface area (Å²) in [7, 11) is -0.187. The predicted octanol–water partition coefficient (Wildman–Crippen LogP) is 2.11. The summed E-state index contributed by atoms with van der Waals surface area (Å²) in [5.41, 5.74) is -0.167. The standard InChI is InChI=1S/C12H12N4O4S2/c1-15(2)8-14-12-13-7-11(21-12)22(19,20)10-5-3-9(4-6-10)16(17)18/h3-8H,1-2H3/b14-8+. The second-order valence-electron chi connectivity index (χ2n) is 4.42. The van der Waals surface area contributed by atoms with Gasteiger partial charge in [0.1, 0.15) is 4.21 Å². The number of aromatic nitrogens is 1. The molecule has 0 aliphatic rings. The minimum absolute atomic E-state index is 0.0233.